The van der Waals surface area contributed by atoms with Crippen LogP contribution in [0.1, 0.15) is 26.5 Å². The topological polar surface area (TPSA) is 25.8 Å². The van der Waals surface area contributed by atoms with Crippen LogP contribution in [0.4, 0.5) is 0 Å². The van der Waals surface area contributed by atoms with Gasteiger partial charge in [0, 0.05) is 16.6 Å². The fourth-order valence-electron chi connectivity index (χ4n) is 1.48. The first-order chi connectivity index (χ1) is 7.48. The zero-order valence-electron chi connectivity index (χ0n) is 9.70. The van der Waals surface area contributed by atoms with Crippen molar-refractivity contribution in [2.45, 2.75) is 32.0 Å². The molecule has 0 amide bonds. The van der Waals surface area contributed by atoms with Crippen molar-refractivity contribution < 1.29 is 0 Å². The van der Waals surface area contributed by atoms with Gasteiger partial charge in [0.15, 0.2) is 0 Å². The summed E-state index contributed by atoms with van der Waals surface area (Å²) in [5.74, 6) is 0. The predicted octanol–water partition coefficient (Wildman–Crippen LogP) is 4.04. The summed E-state index contributed by atoms with van der Waals surface area (Å²) in [6.45, 7) is 6.70. The fraction of sp³-hybridized carbons (Fsp3) is 0.500. The highest BCUT2D eigenvalue weighted by atomic mass is 79.9. The molecule has 0 spiro atoms. The van der Waals surface area contributed by atoms with Crippen LogP contribution in [-0.4, -0.2) is 14.8 Å². The minimum absolute atomic E-state index is 0.243. The highest BCUT2D eigenvalue weighted by Gasteiger charge is 2.23. The van der Waals surface area contributed by atoms with Crippen LogP contribution in [0, 0.1) is 5.41 Å². The van der Waals surface area contributed by atoms with Crippen molar-refractivity contribution >= 4 is 37.5 Å². The molecule has 1 atom stereocenters. The molecule has 0 aliphatic heterocycles. The normalized spacial score (nSPS) is 14.2. The van der Waals surface area contributed by atoms with E-state index in [1.54, 1.807) is 17.7 Å². The van der Waals surface area contributed by atoms with Crippen LogP contribution < -0.4 is 0 Å². The van der Waals surface area contributed by atoms with Gasteiger partial charge in [-0.2, -0.15) is 0 Å². The molecule has 2 nitrogen and oxygen atoms in total. The van der Waals surface area contributed by atoms with Crippen LogP contribution in [0.5, 0.6) is 0 Å². The third-order valence-corrected chi connectivity index (χ3v) is 5.17. The minimum Gasteiger partial charge on any atom is -0.241 e. The quantitative estimate of drug-likeness (QED) is 0.782. The number of hydrogen-bond donors (Lipinski definition) is 0. The number of alkyl halides is 1. The van der Waals surface area contributed by atoms with E-state index in [0.717, 1.165) is 16.9 Å². The van der Waals surface area contributed by atoms with E-state index >= 15 is 0 Å². The van der Waals surface area contributed by atoms with Crippen molar-refractivity contribution in [2.24, 2.45) is 5.41 Å². The Bertz CT molecular complexity index is 487. The van der Waals surface area contributed by atoms with Crippen LogP contribution in [0.2, 0.25) is 0 Å². The standard InChI is InChI=1S/C12H15BrN2S/c1-12(2,3)10(13)6-9-8-4-5-16-11(8)15-7-14-9/h4-5,7,10H,6H2,1-3H3. The number of rotatable bonds is 2. The molecule has 0 saturated heterocycles. The lowest BCUT2D eigenvalue weighted by Crippen LogP contribution is -2.22. The van der Waals surface area contributed by atoms with E-state index in [1.807, 2.05) is 0 Å². The van der Waals surface area contributed by atoms with Crippen molar-refractivity contribution in [2.75, 3.05) is 0 Å². The summed E-state index contributed by atoms with van der Waals surface area (Å²) in [7, 11) is 0. The molecule has 0 aliphatic carbocycles. The van der Waals surface area contributed by atoms with Crippen LogP contribution in [0.15, 0.2) is 17.8 Å². The summed E-state index contributed by atoms with van der Waals surface area (Å²) in [6, 6.07) is 2.11. The summed E-state index contributed by atoms with van der Waals surface area (Å²) in [4.78, 5) is 10.2. The zero-order chi connectivity index (χ0) is 11.8. The van der Waals surface area contributed by atoms with Crippen LogP contribution in [0.25, 0.3) is 10.2 Å². The highest BCUT2D eigenvalue weighted by molar-refractivity contribution is 9.09. The Morgan fingerprint density at radius 2 is 2.12 bits per heavy atom. The second-order valence-electron chi connectivity index (χ2n) is 5.00. The Balaban J connectivity index is 2.31. The molecule has 0 radical (unpaired) electrons. The molecule has 2 rings (SSSR count). The molecule has 0 aromatic carbocycles. The Labute approximate surface area is 108 Å². The second-order valence-corrected chi connectivity index (χ2v) is 7.00. The Kier molecular flexibility index (Phi) is 3.31. The van der Waals surface area contributed by atoms with Crippen molar-refractivity contribution in [3.63, 3.8) is 0 Å². The molecule has 0 N–H and O–H groups in total. The largest absolute Gasteiger partial charge is 0.241 e. The SMILES string of the molecule is CC(C)(C)C(Br)Cc1ncnc2sccc12. The number of thiophene rings is 1. The lowest BCUT2D eigenvalue weighted by molar-refractivity contribution is 0.396. The maximum Gasteiger partial charge on any atom is 0.126 e. The monoisotopic (exact) mass is 298 g/mol. The maximum atomic E-state index is 4.40. The fourth-order valence-corrected chi connectivity index (χ4v) is 2.54. The zero-order valence-corrected chi connectivity index (χ0v) is 12.1. The molecule has 2 aromatic rings. The lowest BCUT2D eigenvalue weighted by atomic mass is 9.89. The van der Waals surface area contributed by atoms with Gasteiger partial charge in [0.25, 0.3) is 0 Å². The lowest BCUT2D eigenvalue weighted by Gasteiger charge is -2.25. The van der Waals surface area contributed by atoms with E-state index in [4.69, 9.17) is 0 Å². The van der Waals surface area contributed by atoms with E-state index in [-0.39, 0.29) is 5.41 Å². The smallest absolute Gasteiger partial charge is 0.126 e. The second kappa shape index (κ2) is 4.41. The third-order valence-electron chi connectivity index (χ3n) is 2.66. The van der Waals surface area contributed by atoms with Crippen LogP contribution in [0.3, 0.4) is 0 Å². The number of halogens is 1. The third kappa shape index (κ3) is 2.43. The van der Waals surface area contributed by atoms with Gasteiger partial charge in [-0.1, -0.05) is 36.7 Å². The molecule has 2 heterocycles. The van der Waals surface area contributed by atoms with Crippen molar-refractivity contribution in [1.29, 1.82) is 0 Å². The van der Waals surface area contributed by atoms with Gasteiger partial charge in [-0.25, -0.2) is 9.97 Å². The molecular weight excluding hydrogens is 284 g/mol. The van der Waals surface area contributed by atoms with Crippen molar-refractivity contribution in [3.8, 4) is 0 Å². The molecule has 4 heteroatoms. The number of nitrogens with zero attached hydrogens (tertiary/aromatic N) is 2. The van der Waals surface area contributed by atoms with Gasteiger partial charge in [-0.15, -0.1) is 11.3 Å². The van der Waals surface area contributed by atoms with Gasteiger partial charge >= 0.3 is 0 Å². The average molecular weight is 299 g/mol. The van der Waals surface area contributed by atoms with Crippen molar-refractivity contribution in [3.05, 3.63) is 23.5 Å². The van der Waals surface area contributed by atoms with E-state index in [2.05, 4.69) is 58.1 Å². The number of aromatic nitrogens is 2. The van der Waals surface area contributed by atoms with E-state index in [1.165, 1.54) is 5.39 Å². The number of fused-ring (bicyclic) bond motifs is 1. The summed E-state index contributed by atoms with van der Waals surface area (Å²) < 4.78 is 0. The Hall–Kier alpha value is -0.480. The van der Waals surface area contributed by atoms with E-state index in [9.17, 15) is 0 Å². The predicted molar refractivity (Wildman–Crippen MR) is 73.3 cm³/mol. The maximum absolute atomic E-state index is 4.40. The number of hydrogen-bond acceptors (Lipinski definition) is 3. The van der Waals surface area contributed by atoms with Gasteiger partial charge in [-0.05, 0) is 16.9 Å². The molecule has 86 valence electrons. The minimum atomic E-state index is 0.243. The molecule has 2 aromatic heterocycles. The van der Waals surface area contributed by atoms with Crippen LogP contribution in [-0.2, 0) is 6.42 Å². The summed E-state index contributed by atoms with van der Waals surface area (Å²) in [6.07, 6.45) is 2.61. The average Bonchev–Trinajstić information content (AvgIpc) is 2.65. The molecule has 0 fully saturated rings. The van der Waals surface area contributed by atoms with Crippen LogP contribution >= 0.6 is 27.3 Å². The molecule has 1 unspecified atom stereocenters. The first-order valence-corrected chi connectivity index (χ1v) is 7.09. The van der Waals surface area contributed by atoms with E-state index in [0.29, 0.717) is 4.83 Å². The summed E-state index contributed by atoms with van der Waals surface area (Å²) >= 11 is 5.42. The molecule has 0 bridgehead atoms. The first kappa shape index (κ1) is 12.0. The highest BCUT2D eigenvalue weighted by Crippen LogP contribution is 2.30. The van der Waals surface area contributed by atoms with E-state index < -0.39 is 0 Å². The Morgan fingerprint density at radius 1 is 1.38 bits per heavy atom. The molecule has 0 saturated carbocycles. The van der Waals surface area contributed by atoms with Gasteiger partial charge < -0.3 is 0 Å². The summed E-state index contributed by atoms with van der Waals surface area (Å²) in [5.41, 5.74) is 1.39. The Morgan fingerprint density at radius 3 is 2.81 bits per heavy atom. The van der Waals surface area contributed by atoms with Gasteiger partial charge in [-0.3, -0.25) is 0 Å². The van der Waals surface area contributed by atoms with Gasteiger partial charge in [0.1, 0.15) is 11.2 Å². The van der Waals surface area contributed by atoms with Gasteiger partial charge in [0.05, 0.1) is 5.69 Å². The van der Waals surface area contributed by atoms with Gasteiger partial charge in [0.2, 0.25) is 0 Å². The molecule has 0 aliphatic rings. The summed E-state index contributed by atoms with van der Waals surface area (Å²) in [5, 5.41) is 3.27. The first-order valence-electron chi connectivity index (χ1n) is 5.29. The van der Waals surface area contributed by atoms with Crippen molar-refractivity contribution in [1.82, 2.24) is 9.97 Å². The molecular formula is C12H15BrN2S. The molecule has 16 heavy (non-hydrogen) atoms.